The molecule has 0 bridgehead atoms. The Morgan fingerprint density at radius 2 is 2.09 bits per heavy atom. The Hall–Kier alpha value is -2.83. The fraction of sp³-hybridized carbons (Fsp3) is 0.381. The number of aromatic nitrogens is 4. The van der Waals surface area contributed by atoms with E-state index >= 15 is 0 Å². The average Bonchev–Trinajstić information content (AvgIpc) is 3.39. The summed E-state index contributed by atoms with van der Waals surface area (Å²) >= 11 is 6.91. The number of thiazole rings is 1. The molecule has 1 fully saturated rings. The van der Waals surface area contributed by atoms with Crippen LogP contribution in [-0.4, -0.2) is 50.4 Å². The third-order valence-electron chi connectivity index (χ3n) is 5.43. The van der Waals surface area contributed by atoms with Gasteiger partial charge in [0.25, 0.3) is 5.91 Å². The molecule has 0 unspecified atom stereocenters. The van der Waals surface area contributed by atoms with Crippen LogP contribution in [0.15, 0.2) is 24.7 Å². The van der Waals surface area contributed by atoms with Crippen LogP contribution in [0.3, 0.4) is 0 Å². The second-order valence-electron chi connectivity index (χ2n) is 7.71. The lowest BCUT2D eigenvalue weighted by molar-refractivity contribution is -0.139. The lowest BCUT2D eigenvalue weighted by Gasteiger charge is -2.20. The summed E-state index contributed by atoms with van der Waals surface area (Å²) in [5, 5.41) is 3.02. The molecule has 0 radical (unpaired) electrons. The molecule has 1 atom stereocenters. The van der Waals surface area contributed by atoms with Gasteiger partial charge in [0.1, 0.15) is 16.4 Å². The minimum atomic E-state index is -4.65. The standard InChI is InChI=1S/C21H20ClF3N6O2S/c1-11-4-3-5-31(11)10-15-17(12-6-13(21(23,24)25)19(33-2)28-7-12)29-20(34-15)30-18(32)14-8-27-16(22)9-26-14/h6-9,11H,3-5,10H2,1-2H3,(H,29,30,32)/t11-/m1/s1. The van der Waals surface area contributed by atoms with Crippen molar-refractivity contribution in [3.05, 3.63) is 45.9 Å². The molecular weight excluding hydrogens is 493 g/mol. The van der Waals surface area contributed by atoms with E-state index in [9.17, 15) is 18.0 Å². The first-order chi connectivity index (χ1) is 16.2. The van der Waals surface area contributed by atoms with Crippen molar-refractivity contribution in [2.24, 2.45) is 0 Å². The van der Waals surface area contributed by atoms with Gasteiger partial charge >= 0.3 is 6.18 Å². The minimum absolute atomic E-state index is 0.0290. The van der Waals surface area contributed by atoms with Crippen molar-refractivity contribution in [2.75, 3.05) is 19.0 Å². The molecule has 1 amide bonds. The molecule has 180 valence electrons. The summed E-state index contributed by atoms with van der Waals surface area (Å²) in [6.45, 7) is 3.46. The molecule has 3 aromatic rings. The molecule has 0 aliphatic carbocycles. The number of methoxy groups -OCH3 is 1. The summed E-state index contributed by atoms with van der Waals surface area (Å²) in [4.78, 5) is 31.6. The molecule has 13 heteroatoms. The molecule has 4 rings (SSSR count). The molecule has 0 saturated carbocycles. The number of hydrogen-bond acceptors (Lipinski definition) is 8. The number of nitrogens with one attached hydrogen (secondary N) is 1. The van der Waals surface area contributed by atoms with Crippen molar-refractivity contribution in [1.29, 1.82) is 0 Å². The summed E-state index contributed by atoms with van der Waals surface area (Å²) < 4.78 is 45.5. The number of nitrogens with zero attached hydrogens (tertiary/aromatic N) is 5. The third-order valence-corrected chi connectivity index (χ3v) is 6.58. The highest BCUT2D eigenvalue weighted by Crippen LogP contribution is 2.39. The quantitative estimate of drug-likeness (QED) is 0.501. The van der Waals surface area contributed by atoms with Gasteiger partial charge in [0.05, 0.1) is 25.2 Å². The topological polar surface area (TPSA) is 93.1 Å². The molecule has 1 saturated heterocycles. The van der Waals surface area contributed by atoms with E-state index in [1.165, 1.54) is 29.9 Å². The number of carbonyl (C=O) groups excluding carboxylic acids is 1. The van der Waals surface area contributed by atoms with Gasteiger partial charge < -0.3 is 4.74 Å². The Labute approximate surface area is 202 Å². The number of carbonyl (C=O) groups is 1. The molecule has 1 N–H and O–H groups in total. The molecule has 1 aliphatic heterocycles. The van der Waals surface area contributed by atoms with Crippen LogP contribution >= 0.6 is 22.9 Å². The fourth-order valence-electron chi connectivity index (χ4n) is 3.69. The molecule has 1 aliphatic rings. The van der Waals surface area contributed by atoms with E-state index in [0.717, 1.165) is 32.6 Å². The van der Waals surface area contributed by atoms with Crippen LogP contribution < -0.4 is 10.1 Å². The first-order valence-corrected chi connectivity index (χ1v) is 11.5. The second kappa shape index (κ2) is 9.80. The van der Waals surface area contributed by atoms with Gasteiger partial charge in [0.2, 0.25) is 5.88 Å². The maximum atomic E-state index is 13.6. The number of hydrogen-bond donors (Lipinski definition) is 1. The summed E-state index contributed by atoms with van der Waals surface area (Å²) in [5.41, 5.74) is -0.468. The Morgan fingerprint density at radius 1 is 1.29 bits per heavy atom. The number of likely N-dealkylation sites (tertiary alicyclic amines) is 1. The van der Waals surface area contributed by atoms with Gasteiger partial charge in [-0.05, 0) is 32.4 Å². The first kappa shape index (κ1) is 24.3. The van der Waals surface area contributed by atoms with Crippen LogP contribution in [0, 0.1) is 0 Å². The number of alkyl halides is 3. The molecule has 0 spiro atoms. The van der Waals surface area contributed by atoms with E-state index in [1.54, 1.807) is 0 Å². The van der Waals surface area contributed by atoms with Crippen molar-refractivity contribution in [2.45, 2.75) is 38.5 Å². The lowest BCUT2D eigenvalue weighted by Crippen LogP contribution is -2.25. The zero-order valence-corrected chi connectivity index (χ0v) is 19.8. The van der Waals surface area contributed by atoms with Crippen molar-refractivity contribution in [3.63, 3.8) is 0 Å². The highest BCUT2D eigenvalue weighted by Gasteiger charge is 2.36. The second-order valence-corrected chi connectivity index (χ2v) is 9.18. The van der Waals surface area contributed by atoms with Crippen LogP contribution in [0.1, 0.15) is 40.7 Å². The number of anilines is 1. The van der Waals surface area contributed by atoms with E-state index in [-0.39, 0.29) is 21.5 Å². The maximum Gasteiger partial charge on any atom is 0.421 e. The highest BCUT2D eigenvalue weighted by atomic mass is 35.5. The van der Waals surface area contributed by atoms with Gasteiger partial charge in [-0.3, -0.25) is 15.0 Å². The van der Waals surface area contributed by atoms with Crippen LogP contribution in [0.25, 0.3) is 11.3 Å². The van der Waals surface area contributed by atoms with Gasteiger partial charge in [-0.15, -0.1) is 0 Å². The number of amides is 1. The largest absolute Gasteiger partial charge is 0.481 e. The van der Waals surface area contributed by atoms with E-state index < -0.39 is 23.5 Å². The Balaban J connectivity index is 1.71. The lowest BCUT2D eigenvalue weighted by atomic mass is 10.1. The third kappa shape index (κ3) is 5.29. The molecule has 0 aromatic carbocycles. The fourth-order valence-corrected chi connectivity index (χ4v) is 4.79. The summed E-state index contributed by atoms with van der Waals surface area (Å²) in [7, 11) is 1.13. The van der Waals surface area contributed by atoms with Crippen molar-refractivity contribution in [3.8, 4) is 17.1 Å². The minimum Gasteiger partial charge on any atom is -0.481 e. The van der Waals surface area contributed by atoms with Gasteiger partial charge in [-0.1, -0.05) is 22.9 Å². The summed E-state index contributed by atoms with van der Waals surface area (Å²) in [6.07, 6.45) is 1.17. The molecule has 3 aromatic heterocycles. The van der Waals surface area contributed by atoms with Crippen LogP contribution in [0.4, 0.5) is 18.3 Å². The number of rotatable bonds is 6. The number of halogens is 4. The molecule has 34 heavy (non-hydrogen) atoms. The number of ether oxygens (including phenoxy) is 1. The predicted octanol–water partition coefficient (Wildman–Crippen LogP) is 4.91. The highest BCUT2D eigenvalue weighted by molar-refractivity contribution is 7.16. The summed E-state index contributed by atoms with van der Waals surface area (Å²) in [5.74, 6) is -1.08. The van der Waals surface area contributed by atoms with Crippen LogP contribution in [0.5, 0.6) is 5.88 Å². The Kier molecular flexibility index (Phi) is 7.01. The van der Waals surface area contributed by atoms with Gasteiger partial charge in [0.15, 0.2) is 5.13 Å². The van der Waals surface area contributed by atoms with Crippen molar-refractivity contribution < 1.29 is 22.7 Å². The molecule has 4 heterocycles. The smallest absolute Gasteiger partial charge is 0.421 e. The zero-order valence-electron chi connectivity index (χ0n) is 18.2. The van der Waals surface area contributed by atoms with E-state index in [1.807, 2.05) is 0 Å². The predicted molar refractivity (Wildman–Crippen MR) is 121 cm³/mol. The van der Waals surface area contributed by atoms with E-state index in [4.69, 9.17) is 16.3 Å². The van der Waals surface area contributed by atoms with Crippen LogP contribution in [0.2, 0.25) is 5.15 Å². The normalized spacial score (nSPS) is 16.6. The molecular formula is C21H20ClF3N6O2S. The SMILES string of the molecule is COc1ncc(-c2nc(NC(=O)c3cnc(Cl)cn3)sc2CN2CCC[C@H]2C)cc1C(F)(F)F. The zero-order chi connectivity index (χ0) is 24.5. The average molecular weight is 513 g/mol. The van der Waals surface area contributed by atoms with Gasteiger partial charge in [-0.25, -0.2) is 19.9 Å². The summed E-state index contributed by atoms with van der Waals surface area (Å²) in [6, 6.07) is 1.30. The maximum absolute atomic E-state index is 13.6. The Bertz CT molecular complexity index is 1190. The van der Waals surface area contributed by atoms with Crippen molar-refractivity contribution in [1.82, 2.24) is 24.8 Å². The van der Waals surface area contributed by atoms with Crippen LogP contribution in [-0.2, 0) is 12.7 Å². The number of pyridine rings is 1. The Morgan fingerprint density at radius 3 is 2.71 bits per heavy atom. The van der Waals surface area contributed by atoms with E-state index in [2.05, 4.69) is 37.1 Å². The van der Waals surface area contributed by atoms with Crippen molar-refractivity contribution >= 4 is 34.0 Å². The van der Waals surface area contributed by atoms with Gasteiger partial charge in [0, 0.05) is 29.2 Å². The van der Waals surface area contributed by atoms with E-state index in [0.29, 0.717) is 23.2 Å². The monoisotopic (exact) mass is 512 g/mol. The van der Waals surface area contributed by atoms with Gasteiger partial charge in [-0.2, -0.15) is 13.2 Å². The molecule has 8 nitrogen and oxygen atoms in total. The first-order valence-electron chi connectivity index (χ1n) is 10.3.